The van der Waals surface area contributed by atoms with Crippen molar-refractivity contribution in [3.05, 3.63) is 75.6 Å². The second-order valence-electron chi connectivity index (χ2n) is 6.62. The fourth-order valence-corrected chi connectivity index (χ4v) is 3.49. The molecule has 10 heteroatoms. The van der Waals surface area contributed by atoms with E-state index < -0.39 is 29.6 Å². The summed E-state index contributed by atoms with van der Waals surface area (Å²) in [5.41, 5.74) is 0.176. The van der Waals surface area contributed by atoms with Crippen molar-refractivity contribution in [3.63, 3.8) is 0 Å². The van der Waals surface area contributed by atoms with Gasteiger partial charge in [-0.15, -0.1) is 0 Å². The highest BCUT2D eigenvalue weighted by molar-refractivity contribution is 6.31. The molecule has 1 aliphatic heterocycles. The average Bonchev–Trinajstić information content (AvgIpc) is 3.28. The van der Waals surface area contributed by atoms with E-state index in [0.717, 1.165) is 12.1 Å². The number of carbonyl (C=O) groups is 3. The Morgan fingerprint density at radius 3 is 2.65 bits per heavy atom. The van der Waals surface area contributed by atoms with Gasteiger partial charge in [-0.2, -0.15) is 5.26 Å². The number of nitrogens with one attached hydrogen (secondary N) is 2. The summed E-state index contributed by atoms with van der Waals surface area (Å²) in [6.07, 6.45) is 3.09. The number of aromatic amines is 1. The molecule has 1 aromatic heterocycles. The summed E-state index contributed by atoms with van der Waals surface area (Å²) in [7, 11) is 0. The van der Waals surface area contributed by atoms with Crippen molar-refractivity contribution in [3.8, 4) is 6.07 Å². The number of hydrogen-bond donors (Lipinski definition) is 2. The standard InChI is InChI=1S/C21H11ClF2N4O3/c22-14-4-3-13-12(8-26-19(13)18(14)24)6-16-20(30)28(21(31)27-16)17(9-29)10-1-2-11(7-25)15(23)5-10/h1-6,8-9,17,26H,(H,27,31)/b16-6-. The van der Waals surface area contributed by atoms with Crippen molar-refractivity contribution in [2.75, 3.05) is 0 Å². The number of H-pyrrole nitrogens is 1. The van der Waals surface area contributed by atoms with Crippen LogP contribution in [0.15, 0.2) is 42.2 Å². The van der Waals surface area contributed by atoms with Crippen molar-refractivity contribution in [2.24, 2.45) is 0 Å². The van der Waals surface area contributed by atoms with Gasteiger partial charge in [0.15, 0.2) is 5.82 Å². The van der Waals surface area contributed by atoms with Gasteiger partial charge in [0.1, 0.15) is 29.9 Å². The molecule has 4 rings (SSSR count). The number of imide groups is 1. The van der Waals surface area contributed by atoms with Crippen LogP contribution in [-0.4, -0.2) is 28.1 Å². The van der Waals surface area contributed by atoms with Gasteiger partial charge in [-0.1, -0.05) is 23.7 Å². The first-order valence-electron chi connectivity index (χ1n) is 8.82. The molecule has 2 N–H and O–H groups in total. The Bertz CT molecular complexity index is 1340. The molecule has 3 aromatic rings. The van der Waals surface area contributed by atoms with E-state index in [0.29, 0.717) is 22.1 Å². The molecule has 0 spiro atoms. The van der Waals surface area contributed by atoms with Crippen LogP contribution in [0.4, 0.5) is 13.6 Å². The lowest BCUT2D eigenvalue weighted by Crippen LogP contribution is -2.35. The number of aldehydes is 1. The van der Waals surface area contributed by atoms with Gasteiger partial charge in [-0.05, 0) is 29.8 Å². The fourth-order valence-electron chi connectivity index (χ4n) is 3.33. The summed E-state index contributed by atoms with van der Waals surface area (Å²) in [5.74, 6) is -2.36. The van der Waals surface area contributed by atoms with Crippen LogP contribution in [0.2, 0.25) is 5.02 Å². The molecular weight excluding hydrogens is 430 g/mol. The van der Waals surface area contributed by atoms with Crippen molar-refractivity contribution >= 4 is 46.8 Å². The van der Waals surface area contributed by atoms with Crippen molar-refractivity contribution < 1.29 is 23.2 Å². The maximum atomic E-state index is 14.1. The van der Waals surface area contributed by atoms with Crippen molar-refractivity contribution in [1.82, 2.24) is 15.2 Å². The third-order valence-corrected chi connectivity index (χ3v) is 5.14. The van der Waals surface area contributed by atoms with Crippen LogP contribution in [0.25, 0.3) is 17.0 Å². The van der Waals surface area contributed by atoms with E-state index in [1.807, 2.05) is 0 Å². The smallest absolute Gasteiger partial charge is 0.329 e. The van der Waals surface area contributed by atoms with Gasteiger partial charge in [-0.3, -0.25) is 4.79 Å². The highest BCUT2D eigenvalue weighted by atomic mass is 35.5. The number of nitriles is 1. The molecular formula is C21H11ClF2N4O3. The minimum absolute atomic E-state index is 0.0278. The van der Waals surface area contributed by atoms with Gasteiger partial charge in [0.25, 0.3) is 5.91 Å². The van der Waals surface area contributed by atoms with E-state index in [1.165, 1.54) is 24.4 Å². The predicted octanol–water partition coefficient (Wildman–Crippen LogP) is 3.80. The second kappa shape index (κ2) is 7.66. The van der Waals surface area contributed by atoms with E-state index in [2.05, 4.69) is 10.3 Å². The molecule has 2 heterocycles. The van der Waals surface area contributed by atoms with Crippen LogP contribution < -0.4 is 5.32 Å². The highest BCUT2D eigenvalue weighted by Gasteiger charge is 2.39. The van der Waals surface area contributed by atoms with Crippen molar-refractivity contribution in [2.45, 2.75) is 6.04 Å². The van der Waals surface area contributed by atoms with Crippen LogP contribution in [-0.2, 0) is 9.59 Å². The Labute approximate surface area is 178 Å². The number of benzene rings is 2. The molecule has 0 radical (unpaired) electrons. The second-order valence-corrected chi connectivity index (χ2v) is 7.03. The van der Waals surface area contributed by atoms with Gasteiger partial charge in [0.05, 0.1) is 16.1 Å². The molecule has 1 atom stereocenters. The third kappa shape index (κ3) is 3.33. The number of aromatic nitrogens is 1. The lowest BCUT2D eigenvalue weighted by atomic mass is 10.0. The van der Waals surface area contributed by atoms with Crippen LogP contribution in [0, 0.1) is 23.0 Å². The monoisotopic (exact) mass is 440 g/mol. The van der Waals surface area contributed by atoms with Crippen molar-refractivity contribution in [1.29, 1.82) is 5.26 Å². The molecule has 0 saturated carbocycles. The molecule has 31 heavy (non-hydrogen) atoms. The molecule has 1 unspecified atom stereocenters. The molecule has 0 aliphatic carbocycles. The number of urea groups is 1. The molecule has 1 aliphatic rings. The Morgan fingerprint density at radius 2 is 1.97 bits per heavy atom. The zero-order chi connectivity index (χ0) is 22.3. The minimum Gasteiger partial charge on any atom is -0.358 e. The quantitative estimate of drug-likeness (QED) is 0.365. The number of carbonyl (C=O) groups excluding carboxylic acids is 3. The molecule has 3 amide bonds. The SMILES string of the molecule is N#Cc1ccc(C(C=O)N2C(=O)N/C(=C\c3c[nH]c4c(F)c(Cl)ccc34)C2=O)cc1F. The summed E-state index contributed by atoms with van der Waals surface area (Å²) in [6.45, 7) is 0. The largest absolute Gasteiger partial charge is 0.358 e. The normalized spacial score (nSPS) is 15.9. The molecule has 1 saturated heterocycles. The molecule has 0 bridgehead atoms. The topological polar surface area (TPSA) is 106 Å². The highest BCUT2D eigenvalue weighted by Crippen LogP contribution is 2.30. The van der Waals surface area contributed by atoms with E-state index in [-0.39, 0.29) is 27.4 Å². The van der Waals surface area contributed by atoms with Crippen LogP contribution in [0.1, 0.15) is 22.7 Å². The zero-order valence-corrected chi connectivity index (χ0v) is 16.2. The van der Waals surface area contributed by atoms with E-state index in [9.17, 15) is 23.2 Å². The lowest BCUT2D eigenvalue weighted by molar-refractivity contribution is -0.128. The Kier molecular flexibility index (Phi) is 5.01. The van der Waals surface area contributed by atoms with Gasteiger partial charge in [0.2, 0.25) is 0 Å². The third-order valence-electron chi connectivity index (χ3n) is 4.85. The number of amides is 3. The Hall–Kier alpha value is -4.03. The maximum absolute atomic E-state index is 14.1. The predicted molar refractivity (Wildman–Crippen MR) is 107 cm³/mol. The summed E-state index contributed by atoms with van der Waals surface area (Å²) >= 11 is 5.76. The summed E-state index contributed by atoms with van der Waals surface area (Å²) < 4.78 is 28.1. The number of nitrogens with zero attached hydrogens (tertiary/aromatic N) is 2. The van der Waals surface area contributed by atoms with Crippen LogP contribution in [0.5, 0.6) is 0 Å². The molecule has 154 valence electrons. The maximum Gasteiger partial charge on any atom is 0.329 e. The first-order valence-corrected chi connectivity index (χ1v) is 9.19. The van der Waals surface area contributed by atoms with E-state index >= 15 is 0 Å². The molecule has 1 fully saturated rings. The number of rotatable bonds is 4. The summed E-state index contributed by atoms with van der Waals surface area (Å²) in [4.78, 5) is 40.3. The molecule has 7 nitrogen and oxygen atoms in total. The number of hydrogen-bond acceptors (Lipinski definition) is 4. The van der Waals surface area contributed by atoms with Gasteiger partial charge < -0.3 is 15.1 Å². The summed E-state index contributed by atoms with van der Waals surface area (Å²) in [6, 6.07) is 5.64. The first kappa shape index (κ1) is 20.3. The van der Waals surface area contributed by atoms with E-state index in [1.54, 1.807) is 12.1 Å². The Morgan fingerprint density at radius 1 is 1.19 bits per heavy atom. The number of fused-ring (bicyclic) bond motifs is 1. The molecule has 2 aromatic carbocycles. The van der Waals surface area contributed by atoms with Gasteiger partial charge in [-0.25, -0.2) is 18.5 Å². The fraction of sp³-hybridized carbons (Fsp3) is 0.0476. The summed E-state index contributed by atoms with van der Waals surface area (Å²) in [5, 5.41) is 11.6. The van der Waals surface area contributed by atoms with Crippen LogP contribution >= 0.6 is 11.6 Å². The minimum atomic E-state index is -1.40. The van der Waals surface area contributed by atoms with Crippen LogP contribution in [0.3, 0.4) is 0 Å². The Balaban J connectivity index is 1.70. The van der Waals surface area contributed by atoms with Gasteiger partial charge >= 0.3 is 6.03 Å². The zero-order valence-electron chi connectivity index (χ0n) is 15.4. The van der Waals surface area contributed by atoms with E-state index in [4.69, 9.17) is 16.9 Å². The number of halogens is 3. The first-order chi connectivity index (χ1) is 14.8. The average molecular weight is 441 g/mol. The lowest BCUT2D eigenvalue weighted by Gasteiger charge is -2.20. The van der Waals surface area contributed by atoms with Gasteiger partial charge in [0, 0.05) is 17.1 Å².